The van der Waals surface area contributed by atoms with E-state index >= 15 is 0 Å². The molecule has 9 heteroatoms. The van der Waals surface area contributed by atoms with Crippen LogP contribution < -0.4 is 26.0 Å². The average Bonchev–Trinajstić information content (AvgIpc) is 3.24. The number of carbonyl (C=O) groups excluding carboxylic acids is 1. The second kappa shape index (κ2) is 10.7. The number of amides is 1. The van der Waals surface area contributed by atoms with Crippen molar-refractivity contribution in [2.45, 2.75) is 37.1 Å². The number of hydrogen-bond acceptors (Lipinski definition) is 6. The van der Waals surface area contributed by atoms with Gasteiger partial charge in [0.05, 0.1) is 23.5 Å². The first-order valence-corrected chi connectivity index (χ1v) is 12.0. The summed E-state index contributed by atoms with van der Waals surface area (Å²) in [6.07, 6.45) is 2.71. The summed E-state index contributed by atoms with van der Waals surface area (Å²) < 4.78 is 28.3. The van der Waals surface area contributed by atoms with Gasteiger partial charge in [-0.3, -0.25) is 10.2 Å². The third-order valence-electron chi connectivity index (χ3n) is 5.29. The number of ether oxygens (including phenoxy) is 1. The van der Waals surface area contributed by atoms with Gasteiger partial charge in [-0.05, 0) is 48.2 Å². The molecule has 0 aliphatic carbocycles. The number of nitrogens with two attached hydrogens (primary N) is 1. The predicted octanol–water partition coefficient (Wildman–Crippen LogP) is 1.64. The second-order valence-electron chi connectivity index (χ2n) is 7.61. The number of unbranched alkanes of at least 4 members (excludes halogenated alkanes) is 1. The van der Waals surface area contributed by atoms with E-state index in [4.69, 9.17) is 9.88 Å². The Balaban J connectivity index is 1.51. The summed E-state index contributed by atoms with van der Waals surface area (Å²) in [5, 5.41) is 8.09. The highest BCUT2D eigenvalue weighted by Crippen LogP contribution is 2.26. The number of primary sulfonamides is 1. The summed E-state index contributed by atoms with van der Waals surface area (Å²) in [5.74, 6) is 0.557. The van der Waals surface area contributed by atoms with Crippen molar-refractivity contribution in [2.24, 2.45) is 11.1 Å². The molecule has 0 saturated carbocycles. The van der Waals surface area contributed by atoms with Crippen LogP contribution in [0.25, 0.3) is 0 Å². The van der Waals surface area contributed by atoms with Crippen LogP contribution in [0.5, 0.6) is 5.75 Å². The molecule has 1 heterocycles. The minimum Gasteiger partial charge on any atom is -0.494 e. The highest BCUT2D eigenvalue weighted by molar-refractivity contribution is 7.89. The lowest BCUT2D eigenvalue weighted by atomic mass is 9.94. The number of nitrogens with one attached hydrogen (secondary N) is 3. The first-order chi connectivity index (χ1) is 14.9. The molecule has 2 unspecified atom stereocenters. The van der Waals surface area contributed by atoms with Crippen LogP contribution in [-0.2, 0) is 21.2 Å². The largest absolute Gasteiger partial charge is 0.494 e. The van der Waals surface area contributed by atoms with Crippen molar-refractivity contribution in [3.05, 3.63) is 59.7 Å². The van der Waals surface area contributed by atoms with Gasteiger partial charge in [-0.1, -0.05) is 37.6 Å². The Hall–Kier alpha value is -2.46. The van der Waals surface area contributed by atoms with E-state index in [1.165, 1.54) is 12.1 Å². The molecule has 0 radical (unpaired) electrons. The molecular weight excluding hydrogens is 416 g/mol. The van der Waals surface area contributed by atoms with Gasteiger partial charge in [0.1, 0.15) is 5.75 Å². The lowest BCUT2D eigenvalue weighted by Gasteiger charge is -2.19. The number of sulfonamides is 1. The Morgan fingerprint density at radius 1 is 1.16 bits per heavy atom. The molecule has 0 bridgehead atoms. The molecule has 2 aromatic carbocycles. The number of hydrazine groups is 1. The Morgan fingerprint density at radius 3 is 2.52 bits per heavy atom. The third kappa shape index (κ3) is 6.51. The normalized spacial score (nSPS) is 18.6. The summed E-state index contributed by atoms with van der Waals surface area (Å²) >= 11 is 0. The second-order valence-corrected chi connectivity index (χ2v) is 9.17. The molecule has 1 saturated heterocycles. The van der Waals surface area contributed by atoms with Gasteiger partial charge >= 0.3 is 0 Å². The lowest BCUT2D eigenvalue weighted by molar-refractivity contribution is -0.124. The van der Waals surface area contributed by atoms with E-state index in [2.05, 4.69) is 23.1 Å². The molecule has 0 spiro atoms. The third-order valence-corrected chi connectivity index (χ3v) is 6.22. The molecule has 1 aliphatic rings. The summed E-state index contributed by atoms with van der Waals surface area (Å²) in [4.78, 5) is 12.8. The zero-order chi connectivity index (χ0) is 22.3. The maximum atomic E-state index is 12.7. The van der Waals surface area contributed by atoms with Crippen LogP contribution in [0.2, 0.25) is 0 Å². The number of benzene rings is 2. The van der Waals surface area contributed by atoms with Crippen molar-refractivity contribution in [1.29, 1.82) is 0 Å². The highest BCUT2D eigenvalue weighted by Gasteiger charge is 2.33. The first-order valence-electron chi connectivity index (χ1n) is 10.5. The molecule has 3 rings (SSSR count). The Labute approximate surface area is 183 Å². The first kappa shape index (κ1) is 23.2. The van der Waals surface area contributed by atoms with Gasteiger partial charge in [-0.25, -0.2) is 19.0 Å². The van der Waals surface area contributed by atoms with Gasteiger partial charge < -0.3 is 10.1 Å². The molecule has 2 aromatic rings. The molecule has 1 amide bonds. The monoisotopic (exact) mass is 446 g/mol. The van der Waals surface area contributed by atoms with E-state index < -0.39 is 10.0 Å². The summed E-state index contributed by atoms with van der Waals surface area (Å²) in [7, 11) is -3.70. The number of carbonyl (C=O) groups is 1. The zero-order valence-corrected chi connectivity index (χ0v) is 18.5. The highest BCUT2D eigenvalue weighted by atomic mass is 32.2. The quantitative estimate of drug-likeness (QED) is 0.412. The molecule has 2 atom stereocenters. The molecule has 1 aliphatic heterocycles. The van der Waals surface area contributed by atoms with Crippen molar-refractivity contribution >= 4 is 15.9 Å². The summed E-state index contributed by atoms with van der Waals surface area (Å²) in [5.41, 5.74) is 8.20. The van der Waals surface area contributed by atoms with Gasteiger partial charge in [-0.15, -0.1) is 0 Å². The fraction of sp³-hybridized carbons (Fsp3) is 0.409. The van der Waals surface area contributed by atoms with E-state index in [0.717, 1.165) is 29.7 Å². The molecule has 168 valence electrons. The predicted molar refractivity (Wildman–Crippen MR) is 119 cm³/mol. The van der Waals surface area contributed by atoms with Crippen molar-refractivity contribution in [3.8, 4) is 5.75 Å². The molecule has 8 nitrogen and oxygen atoms in total. The summed E-state index contributed by atoms with van der Waals surface area (Å²) in [6.45, 7) is 3.82. The van der Waals surface area contributed by atoms with E-state index in [0.29, 0.717) is 26.1 Å². The summed E-state index contributed by atoms with van der Waals surface area (Å²) in [6, 6.07) is 14.1. The fourth-order valence-corrected chi connectivity index (χ4v) is 3.99. The zero-order valence-electron chi connectivity index (χ0n) is 17.6. The van der Waals surface area contributed by atoms with Crippen molar-refractivity contribution < 1.29 is 17.9 Å². The van der Waals surface area contributed by atoms with Crippen LogP contribution in [0.3, 0.4) is 0 Å². The van der Waals surface area contributed by atoms with Gasteiger partial charge in [0.2, 0.25) is 15.9 Å². The van der Waals surface area contributed by atoms with Crippen molar-refractivity contribution in [1.82, 2.24) is 16.2 Å². The number of hydrogen-bond donors (Lipinski definition) is 4. The van der Waals surface area contributed by atoms with Crippen LogP contribution >= 0.6 is 0 Å². The Bertz CT molecular complexity index is 962. The van der Waals surface area contributed by atoms with Crippen molar-refractivity contribution in [3.63, 3.8) is 0 Å². The van der Waals surface area contributed by atoms with E-state index in [1.54, 1.807) is 12.1 Å². The van der Waals surface area contributed by atoms with Gasteiger partial charge in [0.15, 0.2) is 0 Å². The minimum atomic E-state index is -3.70. The van der Waals surface area contributed by atoms with E-state index in [-0.39, 0.29) is 22.8 Å². The van der Waals surface area contributed by atoms with Crippen LogP contribution in [0, 0.1) is 5.92 Å². The lowest BCUT2D eigenvalue weighted by Crippen LogP contribution is -2.36. The fourth-order valence-electron chi connectivity index (χ4n) is 3.47. The molecule has 5 N–H and O–H groups in total. The van der Waals surface area contributed by atoms with Crippen LogP contribution in [0.4, 0.5) is 0 Å². The number of rotatable bonds is 10. The smallest absolute Gasteiger partial charge is 0.238 e. The van der Waals surface area contributed by atoms with Crippen LogP contribution in [0.1, 0.15) is 36.9 Å². The molecule has 0 aromatic heterocycles. The van der Waals surface area contributed by atoms with E-state index in [9.17, 15) is 13.2 Å². The molecule has 1 fully saturated rings. The maximum Gasteiger partial charge on any atom is 0.238 e. The van der Waals surface area contributed by atoms with Crippen LogP contribution in [0.15, 0.2) is 53.4 Å². The molecule has 31 heavy (non-hydrogen) atoms. The van der Waals surface area contributed by atoms with Gasteiger partial charge in [0, 0.05) is 13.1 Å². The van der Waals surface area contributed by atoms with Gasteiger partial charge in [0.25, 0.3) is 0 Å². The van der Waals surface area contributed by atoms with Crippen molar-refractivity contribution in [2.75, 3.05) is 19.7 Å². The topological polar surface area (TPSA) is 123 Å². The maximum absolute atomic E-state index is 12.7. The Morgan fingerprint density at radius 2 is 1.87 bits per heavy atom. The van der Waals surface area contributed by atoms with Crippen LogP contribution in [-0.4, -0.2) is 34.0 Å². The Kier molecular flexibility index (Phi) is 8.03. The van der Waals surface area contributed by atoms with E-state index in [1.807, 2.05) is 24.3 Å². The SMILES string of the molecule is CCCCOc1ccc(C2NNCC2C(=O)NCCc2ccc(S(N)(=O)=O)cc2)cc1. The van der Waals surface area contributed by atoms with Gasteiger partial charge in [-0.2, -0.15) is 0 Å². The standard InChI is InChI=1S/C22H30N4O4S/c1-2-3-14-30-18-8-6-17(7-9-18)21-20(15-25-26-21)22(27)24-13-12-16-4-10-19(11-5-16)31(23,28)29/h4-11,20-21,25-26H,2-3,12-15H2,1H3,(H,24,27)(H2,23,28,29). The molecular formula is C22H30N4O4S. The minimum absolute atomic E-state index is 0.0353. The average molecular weight is 447 g/mol.